The zero-order valence-corrected chi connectivity index (χ0v) is 18.1. The Morgan fingerprint density at radius 1 is 1.19 bits per heavy atom. The van der Waals surface area contributed by atoms with Crippen LogP contribution in [0.1, 0.15) is 23.2 Å². The standard InChI is InChI=1S/C24H28FN3O4/c1-31-21-7-3-6-20(13-21)26-24(30)27-10-11-32-22(15-27)16-28(14-17-8-9-17)23(29)18-4-2-5-19(25)12-18/h2-7,12-13,17,22H,8-11,14-16H2,1H3,(H,26,30). The first-order chi connectivity index (χ1) is 15.5. The predicted molar refractivity (Wildman–Crippen MR) is 118 cm³/mol. The van der Waals surface area contributed by atoms with Gasteiger partial charge in [-0.15, -0.1) is 0 Å². The van der Waals surface area contributed by atoms with Gasteiger partial charge in [-0.05, 0) is 49.1 Å². The molecule has 1 N–H and O–H groups in total. The van der Waals surface area contributed by atoms with Crippen LogP contribution in [-0.2, 0) is 4.74 Å². The molecule has 3 amide bonds. The lowest BCUT2D eigenvalue weighted by atomic mass is 10.1. The Bertz CT molecular complexity index is 966. The molecule has 1 aliphatic carbocycles. The number of rotatable bonds is 7. The van der Waals surface area contributed by atoms with Crippen LogP contribution in [0.2, 0.25) is 0 Å². The largest absolute Gasteiger partial charge is 0.497 e. The minimum atomic E-state index is -0.434. The fourth-order valence-corrected chi connectivity index (χ4v) is 3.82. The summed E-state index contributed by atoms with van der Waals surface area (Å²) in [5.41, 5.74) is 0.975. The van der Waals surface area contributed by atoms with Crippen molar-refractivity contribution in [1.82, 2.24) is 9.80 Å². The van der Waals surface area contributed by atoms with Crippen molar-refractivity contribution in [2.75, 3.05) is 45.2 Å². The van der Waals surface area contributed by atoms with E-state index in [1.807, 2.05) is 12.1 Å². The first kappa shape index (κ1) is 22.1. The summed E-state index contributed by atoms with van der Waals surface area (Å²) in [6.07, 6.45) is 1.87. The summed E-state index contributed by atoms with van der Waals surface area (Å²) < 4.78 is 24.7. The minimum Gasteiger partial charge on any atom is -0.497 e. The van der Waals surface area contributed by atoms with Crippen molar-refractivity contribution in [1.29, 1.82) is 0 Å². The molecule has 0 aromatic heterocycles. The summed E-state index contributed by atoms with van der Waals surface area (Å²) in [6, 6.07) is 12.7. The lowest BCUT2D eigenvalue weighted by Crippen LogP contribution is -2.51. The van der Waals surface area contributed by atoms with Crippen LogP contribution in [0.3, 0.4) is 0 Å². The van der Waals surface area contributed by atoms with Crippen molar-refractivity contribution in [2.24, 2.45) is 5.92 Å². The molecular weight excluding hydrogens is 413 g/mol. The zero-order valence-electron chi connectivity index (χ0n) is 18.1. The third kappa shape index (κ3) is 5.76. The number of carbonyl (C=O) groups excluding carboxylic acids is 2. The zero-order chi connectivity index (χ0) is 22.5. The van der Waals surface area contributed by atoms with Crippen molar-refractivity contribution in [2.45, 2.75) is 18.9 Å². The maximum Gasteiger partial charge on any atom is 0.322 e. The number of carbonyl (C=O) groups is 2. The number of morpholine rings is 1. The predicted octanol–water partition coefficient (Wildman–Crippen LogP) is 3.62. The third-order valence-corrected chi connectivity index (χ3v) is 5.71. The van der Waals surface area contributed by atoms with Gasteiger partial charge in [-0.2, -0.15) is 0 Å². The third-order valence-electron chi connectivity index (χ3n) is 5.71. The molecule has 1 saturated carbocycles. The summed E-state index contributed by atoms with van der Waals surface area (Å²) in [6.45, 7) is 2.20. The number of nitrogens with one attached hydrogen (secondary N) is 1. The molecule has 0 spiro atoms. The van der Waals surface area contributed by atoms with Crippen LogP contribution < -0.4 is 10.1 Å². The number of nitrogens with zero attached hydrogens (tertiary/aromatic N) is 2. The van der Waals surface area contributed by atoms with Crippen LogP contribution in [0.5, 0.6) is 5.75 Å². The number of benzene rings is 2. The Morgan fingerprint density at radius 3 is 2.75 bits per heavy atom. The van der Waals surface area contributed by atoms with Gasteiger partial charge in [0.05, 0.1) is 26.4 Å². The van der Waals surface area contributed by atoms with E-state index in [0.29, 0.717) is 55.7 Å². The molecule has 7 nitrogen and oxygen atoms in total. The van der Waals surface area contributed by atoms with E-state index in [4.69, 9.17) is 9.47 Å². The highest BCUT2D eigenvalue weighted by molar-refractivity contribution is 5.94. The Hall–Kier alpha value is -3.13. The van der Waals surface area contributed by atoms with Gasteiger partial charge in [-0.3, -0.25) is 4.79 Å². The number of halogens is 1. The van der Waals surface area contributed by atoms with Crippen LogP contribution in [0.4, 0.5) is 14.9 Å². The lowest BCUT2D eigenvalue weighted by molar-refractivity contribution is -0.0266. The normalized spacial score (nSPS) is 18.2. The van der Waals surface area contributed by atoms with Crippen molar-refractivity contribution in [3.63, 3.8) is 0 Å². The van der Waals surface area contributed by atoms with Gasteiger partial charge in [0, 0.05) is 37.0 Å². The van der Waals surface area contributed by atoms with Gasteiger partial charge in [-0.25, -0.2) is 9.18 Å². The first-order valence-electron chi connectivity index (χ1n) is 10.9. The van der Waals surface area contributed by atoms with Gasteiger partial charge < -0.3 is 24.6 Å². The van der Waals surface area contributed by atoms with E-state index in [1.54, 1.807) is 41.2 Å². The monoisotopic (exact) mass is 441 g/mol. The molecular formula is C24H28FN3O4. The Labute approximate surface area is 187 Å². The fraction of sp³-hybridized carbons (Fsp3) is 0.417. The fourth-order valence-electron chi connectivity index (χ4n) is 3.82. The molecule has 32 heavy (non-hydrogen) atoms. The maximum absolute atomic E-state index is 13.6. The lowest BCUT2D eigenvalue weighted by Gasteiger charge is -2.36. The van der Waals surface area contributed by atoms with Gasteiger partial charge in [0.15, 0.2) is 0 Å². The van der Waals surface area contributed by atoms with Crippen molar-refractivity contribution in [3.8, 4) is 5.75 Å². The van der Waals surface area contributed by atoms with E-state index in [0.717, 1.165) is 12.8 Å². The van der Waals surface area contributed by atoms with Crippen molar-refractivity contribution in [3.05, 3.63) is 59.9 Å². The van der Waals surface area contributed by atoms with Gasteiger partial charge in [0.25, 0.3) is 5.91 Å². The number of amides is 3. The van der Waals surface area contributed by atoms with Gasteiger partial charge in [-0.1, -0.05) is 12.1 Å². The average Bonchev–Trinajstić information content (AvgIpc) is 3.62. The van der Waals surface area contributed by atoms with Gasteiger partial charge in [0.1, 0.15) is 11.6 Å². The summed E-state index contributed by atoms with van der Waals surface area (Å²) in [5, 5.41) is 2.89. The van der Waals surface area contributed by atoms with E-state index in [-0.39, 0.29) is 18.0 Å². The molecule has 1 heterocycles. The SMILES string of the molecule is COc1cccc(NC(=O)N2CCOC(CN(CC3CC3)C(=O)c3cccc(F)c3)C2)c1. The molecule has 1 unspecified atom stereocenters. The van der Waals surface area contributed by atoms with E-state index < -0.39 is 5.82 Å². The number of hydrogen-bond acceptors (Lipinski definition) is 4. The van der Waals surface area contributed by atoms with E-state index in [9.17, 15) is 14.0 Å². The molecule has 2 aliphatic rings. The highest BCUT2D eigenvalue weighted by Gasteiger charge is 2.32. The molecule has 8 heteroatoms. The minimum absolute atomic E-state index is 0.210. The van der Waals surface area contributed by atoms with Crippen LogP contribution in [0.15, 0.2) is 48.5 Å². The molecule has 170 valence electrons. The molecule has 0 radical (unpaired) electrons. The summed E-state index contributed by atoms with van der Waals surface area (Å²) in [7, 11) is 1.58. The first-order valence-corrected chi connectivity index (χ1v) is 10.9. The molecule has 4 rings (SSSR count). The summed E-state index contributed by atoms with van der Waals surface area (Å²) in [5.74, 6) is 0.493. The van der Waals surface area contributed by atoms with Gasteiger partial charge >= 0.3 is 6.03 Å². The number of ether oxygens (including phenoxy) is 2. The van der Waals surface area contributed by atoms with Crippen LogP contribution in [0, 0.1) is 11.7 Å². The second-order valence-corrected chi connectivity index (χ2v) is 8.26. The number of anilines is 1. The second-order valence-electron chi connectivity index (χ2n) is 8.26. The molecule has 0 bridgehead atoms. The highest BCUT2D eigenvalue weighted by atomic mass is 19.1. The molecule has 2 aromatic rings. The Balaban J connectivity index is 1.39. The smallest absolute Gasteiger partial charge is 0.322 e. The number of urea groups is 1. The highest BCUT2D eigenvalue weighted by Crippen LogP contribution is 2.30. The van der Waals surface area contributed by atoms with Gasteiger partial charge in [0.2, 0.25) is 0 Å². The quantitative estimate of drug-likeness (QED) is 0.713. The van der Waals surface area contributed by atoms with E-state index >= 15 is 0 Å². The second kappa shape index (κ2) is 9.99. The summed E-state index contributed by atoms with van der Waals surface area (Å²) in [4.78, 5) is 29.3. The summed E-state index contributed by atoms with van der Waals surface area (Å²) >= 11 is 0. The van der Waals surface area contributed by atoms with Crippen molar-refractivity contribution >= 4 is 17.6 Å². The molecule has 1 saturated heterocycles. The van der Waals surface area contributed by atoms with Crippen molar-refractivity contribution < 1.29 is 23.5 Å². The number of methoxy groups -OCH3 is 1. The van der Waals surface area contributed by atoms with E-state index in [1.165, 1.54) is 12.1 Å². The molecule has 2 aromatic carbocycles. The molecule has 2 fully saturated rings. The Kier molecular flexibility index (Phi) is 6.90. The molecule has 1 atom stereocenters. The number of hydrogen-bond donors (Lipinski definition) is 1. The average molecular weight is 442 g/mol. The Morgan fingerprint density at radius 2 is 2.00 bits per heavy atom. The van der Waals surface area contributed by atoms with E-state index in [2.05, 4.69) is 5.32 Å². The van der Waals surface area contributed by atoms with Crippen LogP contribution in [0.25, 0.3) is 0 Å². The maximum atomic E-state index is 13.6. The topological polar surface area (TPSA) is 71.1 Å². The van der Waals surface area contributed by atoms with Crippen LogP contribution >= 0.6 is 0 Å². The van der Waals surface area contributed by atoms with Crippen LogP contribution in [-0.4, -0.2) is 67.7 Å². The molecule has 1 aliphatic heterocycles.